The standard InChI is InChI=1S/C23H21F3N2O6S/c1-2-3-7-18-17(20(21(29)30)34-27-18)13-14-9-11-15(12-10-14)16-6-4-5-8-19(16)35(32,33)28-22(31)23(24,25)26/h4-6,8-12H,2-3,7,13H2,1H3,(H,28,31)(H,29,30). The molecule has 1 amide bonds. The molecule has 3 aromatic rings. The zero-order valence-corrected chi connectivity index (χ0v) is 19.2. The average molecular weight is 510 g/mol. The summed E-state index contributed by atoms with van der Waals surface area (Å²) in [5, 5.41) is 13.3. The average Bonchev–Trinajstić information content (AvgIpc) is 3.20. The van der Waals surface area contributed by atoms with Gasteiger partial charge in [0.05, 0.1) is 10.6 Å². The Morgan fingerprint density at radius 1 is 1.09 bits per heavy atom. The zero-order valence-electron chi connectivity index (χ0n) is 18.4. The van der Waals surface area contributed by atoms with E-state index in [-0.39, 0.29) is 17.7 Å². The Labute approximate surface area is 198 Å². The van der Waals surface area contributed by atoms with Gasteiger partial charge in [0.25, 0.3) is 10.0 Å². The molecule has 1 aromatic heterocycles. The molecule has 186 valence electrons. The number of carbonyl (C=O) groups excluding carboxylic acids is 1. The highest BCUT2D eigenvalue weighted by molar-refractivity contribution is 7.90. The van der Waals surface area contributed by atoms with Crippen molar-refractivity contribution in [2.45, 2.75) is 43.7 Å². The van der Waals surface area contributed by atoms with Gasteiger partial charge in [0.1, 0.15) is 0 Å². The Balaban J connectivity index is 1.91. The molecule has 0 spiro atoms. The Morgan fingerprint density at radius 3 is 2.34 bits per heavy atom. The molecule has 8 nitrogen and oxygen atoms in total. The Hall–Kier alpha value is -3.67. The van der Waals surface area contributed by atoms with Gasteiger partial charge in [0.2, 0.25) is 5.76 Å². The van der Waals surface area contributed by atoms with Crippen LogP contribution in [0.4, 0.5) is 13.2 Å². The van der Waals surface area contributed by atoms with Crippen LogP contribution in [0.1, 0.15) is 47.1 Å². The summed E-state index contributed by atoms with van der Waals surface area (Å²) in [6.45, 7) is 1.99. The van der Waals surface area contributed by atoms with E-state index < -0.39 is 33.0 Å². The summed E-state index contributed by atoms with van der Waals surface area (Å²) in [4.78, 5) is 22.2. The van der Waals surface area contributed by atoms with E-state index in [1.165, 1.54) is 18.2 Å². The third kappa shape index (κ3) is 6.07. The molecular weight excluding hydrogens is 489 g/mol. The predicted molar refractivity (Wildman–Crippen MR) is 118 cm³/mol. The number of aryl methyl sites for hydroxylation is 1. The van der Waals surface area contributed by atoms with Crippen LogP contribution in [0.15, 0.2) is 57.9 Å². The van der Waals surface area contributed by atoms with Crippen LogP contribution in [0.25, 0.3) is 11.1 Å². The first-order chi connectivity index (χ1) is 16.4. The van der Waals surface area contributed by atoms with E-state index in [0.717, 1.165) is 23.6 Å². The maximum Gasteiger partial charge on any atom is 0.472 e. The molecule has 0 saturated heterocycles. The quantitative estimate of drug-likeness (QED) is 0.438. The topological polar surface area (TPSA) is 127 Å². The Bertz CT molecular complexity index is 1330. The molecule has 0 aliphatic heterocycles. The van der Waals surface area contributed by atoms with Crippen LogP contribution >= 0.6 is 0 Å². The maximum absolute atomic E-state index is 12.6. The molecule has 1 heterocycles. The van der Waals surface area contributed by atoms with Gasteiger partial charge in [-0.2, -0.15) is 13.2 Å². The van der Waals surface area contributed by atoms with Crippen LogP contribution in [0, 0.1) is 0 Å². The lowest BCUT2D eigenvalue weighted by atomic mass is 9.98. The number of hydrogen-bond donors (Lipinski definition) is 2. The van der Waals surface area contributed by atoms with Gasteiger partial charge in [-0.1, -0.05) is 61.0 Å². The second-order valence-electron chi connectivity index (χ2n) is 7.65. The number of nitrogens with one attached hydrogen (secondary N) is 1. The van der Waals surface area contributed by atoms with Crippen molar-refractivity contribution in [1.82, 2.24) is 9.88 Å². The third-order valence-corrected chi connectivity index (χ3v) is 6.53. The van der Waals surface area contributed by atoms with Gasteiger partial charge in [-0.3, -0.25) is 4.79 Å². The van der Waals surface area contributed by atoms with Gasteiger partial charge in [-0.15, -0.1) is 0 Å². The van der Waals surface area contributed by atoms with Gasteiger partial charge >= 0.3 is 18.1 Å². The molecule has 0 atom stereocenters. The van der Waals surface area contributed by atoms with E-state index in [0.29, 0.717) is 28.8 Å². The Kier molecular flexibility index (Phi) is 7.64. The highest BCUT2D eigenvalue weighted by Gasteiger charge is 2.41. The molecule has 0 radical (unpaired) electrons. The maximum atomic E-state index is 12.6. The van der Waals surface area contributed by atoms with Crippen molar-refractivity contribution in [2.75, 3.05) is 0 Å². The molecule has 0 aliphatic rings. The van der Waals surface area contributed by atoms with Crippen LogP contribution in [0.3, 0.4) is 0 Å². The first-order valence-corrected chi connectivity index (χ1v) is 12.0. The molecule has 0 saturated carbocycles. The lowest BCUT2D eigenvalue weighted by molar-refractivity contribution is -0.171. The Morgan fingerprint density at radius 2 is 1.74 bits per heavy atom. The molecule has 0 fully saturated rings. The number of benzene rings is 2. The number of aromatic carboxylic acids is 1. The van der Waals surface area contributed by atoms with E-state index in [9.17, 15) is 36.3 Å². The molecule has 2 aromatic carbocycles. The van der Waals surface area contributed by atoms with Crippen molar-refractivity contribution in [1.29, 1.82) is 0 Å². The van der Waals surface area contributed by atoms with Gasteiger partial charge < -0.3 is 9.63 Å². The minimum Gasteiger partial charge on any atom is -0.475 e. The van der Waals surface area contributed by atoms with E-state index in [2.05, 4.69) is 5.16 Å². The molecule has 0 bridgehead atoms. The van der Waals surface area contributed by atoms with E-state index >= 15 is 0 Å². The number of unbranched alkanes of at least 4 members (excludes halogenated alkanes) is 1. The van der Waals surface area contributed by atoms with Crippen molar-refractivity contribution in [3.8, 4) is 11.1 Å². The molecule has 0 unspecified atom stereocenters. The van der Waals surface area contributed by atoms with Gasteiger partial charge in [-0.05, 0) is 30.0 Å². The number of hydrogen-bond acceptors (Lipinski definition) is 6. The predicted octanol–water partition coefficient (Wildman–Crippen LogP) is 4.34. The van der Waals surface area contributed by atoms with E-state index in [4.69, 9.17) is 4.52 Å². The fraction of sp³-hybridized carbons (Fsp3) is 0.261. The number of carbonyl (C=O) groups is 2. The summed E-state index contributed by atoms with van der Waals surface area (Å²) in [5.41, 5.74) is 2.12. The first-order valence-electron chi connectivity index (χ1n) is 10.5. The second kappa shape index (κ2) is 10.3. The van der Waals surface area contributed by atoms with Crippen LogP contribution < -0.4 is 4.72 Å². The molecule has 2 N–H and O–H groups in total. The van der Waals surface area contributed by atoms with Crippen LogP contribution in [0.5, 0.6) is 0 Å². The summed E-state index contributed by atoms with van der Waals surface area (Å²) in [6.07, 6.45) is -2.93. The minimum absolute atomic E-state index is 0.0846. The highest BCUT2D eigenvalue weighted by atomic mass is 32.2. The van der Waals surface area contributed by atoms with Gasteiger partial charge in [0, 0.05) is 17.5 Å². The number of alkyl halides is 3. The summed E-state index contributed by atoms with van der Waals surface area (Å²) in [6, 6.07) is 11.7. The number of aromatic nitrogens is 1. The number of rotatable bonds is 9. The molecule has 0 aliphatic carbocycles. The fourth-order valence-electron chi connectivity index (χ4n) is 3.41. The van der Waals surface area contributed by atoms with Gasteiger partial charge in [0.15, 0.2) is 0 Å². The zero-order chi connectivity index (χ0) is 25.8. The fourth-order valence-corrected chi connectivity index (χ4v) is 4.62. The van der Waals surface area contributed by atoms with Gasteiger partial charge in [-0.25, -0.2) is 17.9 Å². The third-order valence-electron chi connectivity index (χ3n) is 5.14. The largest absolute Gasteiger partial charge is 0.475 e. The monoisotopic (exact) mass is 510 g/mol. The van der Waals surface area contributed by atoms with Crippen molar-refractivity contribution in [3.05, 3.63) is 71.1 Å². The highest BCUT2D eigenvalue weighted by Crippen LogP contribution is 2.29. The summed E-state index contributed by atoms with van der Waals surface area (Å²) in [5.74, 6) is -4.09. The summed E-state index contributed by atoms with van der Waals surface area (Å²) < 4.78 is 68.7. The second-order valence-corrected chi connectivity index (χ2v) is 9.30. The van der Waals surface area contributed by atoms with Crippen molar-refractivity contribution in [2.24, 2.45) is 0 Å². The van der Waals surface area contributed by atoms with Crippen molar-refractivity contribution in [3.63, 3.8) is 0 Å². The van der Waals surface area contributed by atoms with Crippen molar-refractivity contribution >= 4 is 21.9 Å². The van der Waals surface area contributed by atoms with Crippen LogP contribution in [-0.2, 0) is 27.7 Å². The lowest BCUT2D eigenvalue weighted by Crippen LogP contribution is -2.40. The summed E-state index contributed by atoms with van der Waals surface area (Å²) >= 11 is 0. The SMILES string of the molecule is CCCCc1noc(C(=O)O)c1Cc1ccc(-c2ccccc2S(=O)(=O)NC(=O)C(F)(F)F)cc1. The van der Waals surface area contributed by atoms with E-state index in [1.807, 2.05) is 6.92 Å². The molecule has 12 heteroatoms. The number of sulfonamides is 1. The summed E-state index contributed by atoms with van der Waals surface area (Å²) in [7, 11) is -4.81. The van der Waals surface area contributed by atoms with E-state index in [1.54, 1.807) is 24.3 Å². The van der Waals surface area contributed by atoms with Crippen molar-refractivity contribution < 1.29 is 40.8 Å². The molecule has 3 rings (SSSR count). The van der Waals surface area contributed by atoms with Crippen LogP contribution in [-0.4, -0.2) is 36.7 Å². The number of amides is 1. The smallest absolute Gasteiger partial charge is 0.472 e. The number of carboxylic acid groups (broad SMARTS) is 1. The normalized spacial score (nSPS) is 11.9. The molecular formula is C23H21F3N2O6S. The van der Waals surface area contributed by atoms with Crippen LogP contribution in [0.2, 0.25) is 0 Å². The first kappa shape index (κ1) is 25.9. The number of nitrogens with zero attached hydrogens (tertiary/aromatic N) is 1. The minimum atomic E-state index is -5.36. The number of carboxylic acids is 1. The lowest BCUT2D eigenvalue weighted by Gasteiger charge is -2.13. The number of halogens is 3. The molecule has 35 heavy (non-hydrogen) atoms.